The molecule has 4 unspecified atom stereocenters. The number of hydrogen-bond acceptors (Lipinski definition) is 8. The van der Waals surface area contributed by atoms with E-state index in [9.17, 15) is 19.2 Å². The number of ether oxygens (including phenoxy) is 4. The van der Waals surface area contributed by atoms with Crippen LogP contribution in [0.3, 0.4) is 0 Å². The van der Waals surface area contributed by atoms with E-state index in [1.807, 2.05) is 51.1 Å². The minimum atomic E-state index is -1.20. The fraction of sp³-hybridized carbons (Fsp3) is 0.500. The van der Waals surface area contributed by atoms with Gasteiger partial charge in [-0.25, -0.2) is 4.79 Å². The Labute approximate surface area is 281 Å². The van der Waals surface area contributed by atoms with Gasteiger partial charge in [0.15, 0.2) is 6.10 Å². The zero-order valence-corrected chi connectivity index (χ0v) is 28.5. The lowest BCUT2D eigenvalue weighted by Crippen LogP contribution is -2.51. The van der Waals surface area contributed by atoms with Crippen LogP contribution in [0.2, 0.25) is 5.02 Å². The van der Waals surface area contributed by atoms with Gasteiger partial charge in [-0.05, 0) is 55.5 Å². The monoisotopic (exact) mass is 668 g/mol. The molecule has 4 rings (SSSR count). The highest BCUT2D eigenvalue weighted by Gasteiger charge is 2.48. The zero-order valence-electron chi connectivity index (χ0n) is 27.8. The summed E-state index contributed by atoms with van der Waals surface area (Å²) in [6, 6.07) is 13.9. The maximum absolute atomic E-state index is 13.6. The van der Waals surface area contributed by atoms with Crippen LogP contribution in [0.15, 0.2) is 60.7 Å². The molecule has 10 nitrogen and oxygen atoms in total. The number of carbonyl (C=O) groups excluding carboxylic acids is 4. The minimum absolute atomic E-state index is 0.0228. The molecule has 254 valence electrons. The van der Waals surface area contributed by atoms with Crippen LogP contribution in [0.5, 0.6) is 5.75 Å². The number of epoxide rings is 1. The standard InChI is InChI=1S/C36H45ClN2O8/c1-21(2)17-29-34(42)45-27(22(3)31-32(47-31)24-11-8-7-9-12-24)13-10-14-30(40)39-26(19-23-15-16-28(44-6)25(37)18-23)33(41)38-20-36(4,5)35(43)46-29/h7-12,14-16,18,21-22,26-27,29,31-32H,13,17,19-20H2,1-6H3,(H,38,41)(H,39,40)/b14-10+/t22?,26-,27?,29+,31?,32?/m1/s1. The molecule has 2 N–H and O–H groups in total. The second kappa shape index (κ2) is 15.8. The fourth-order valence-electron chi connectivity index (χ4n) is 5.46. The lowest BCUT2D eigenvalue weighted by atomic mass is 9.92. The van der Waals surface area contributed by atoms with Crippen LogP contribution >= 0.6 is 11.6 Å². The Balaban J connectivity index is 1.61. The molecule has 0 aromatic heterocycles. The van der Waals surface area contributed by atoms with E-state index < -0.39 is 47.4 Å². The number of cyclic esters (lactones) is 2. The van der Waals surface area contributed by atoms with Crippen LogP contribution < -0.4 is 15.4 Å². The number of esters is 2. The second-order valence-electron chi connectivity index (χ2n) is 13.3. The van der Waals surface area contributed by atoms with Gasteiger partial charge >= 0.3 is 11.9 Å². The quantitative estimate of drug-likeness (QED) is 0.293. The van der Waals surface area contributed by atoms with Gasteiger partial charge < -0.3 is 29.6 Å². The second-order valence-corrected chi connectivity index (χ2v) is 13.7. The number of methoxy groups -OCH3 is 1. The lowest BCUT2D eigenvalue weighted by Gasteiger charge is -2.29. The van der Waals surface area contributed by atoms with Crippen LogP contribution in [-0.2, 0) is 39.8 Å². The number of nitrogens with one attached hydrogen (secondary N) is 2. The van der Waals surface area contributed by atoms with Gasteiger partial charge in [0.25, 0.3) is 0 Å². The molecule has 6 atom stereocenters. The van der Waals surface area contributed by atoms with Crippen molar-refractivity contribution >= 4 is 35.4 Å². The van der Waals surface area contributed by atoms with Crippen molar-refractivity contribution < 1.29 is 38.1 Å². The molecule has 2 aromatic carbocycles. The number of carbonyl (C=O) groups is 4. The molecule has 2 aliphatic heterocycles. The Bertz CT molecular complexity index is 1460. The number of rotatable bonds is 8. The summed E-state index contributed by atoms with van der Waals surface area (Å²) in [4.78, 5) is 53.6. The summed E-state index contributed by atoms with van der Waals surface area (Å²) >= 11 is 6.32. The van der Waals surface area contributed by atoms with Crippen molar-refractivity contribution in [1.29, 1.82) is 0 Å². The Morgan fingerprint density at radius 1 is 1.02 bits per heavy atom. The van der Waals surface area contributed by atoms with Crippen molar-refractivity contribution in [2.75, 3.05) is 13.7 Å². The van der Waals surface area contributed by atoms with E-state index in [0.29, 0.717) is 16.3 Å². The van der Waals surface area contributed by atoms with E-state index in [-0.39, 0.29) is 49.9 Å². The minimum Gasteiger partial charge on any atom is -0.495 e. The molecular formula is C36H45ClN2O8. The van der Waals surface area contributed by atoms with Crippen molar-refractivity contribution in [2.24, 2.45) is 17.3 Å². The van der Waals surface area contributed by atoms with Gasteiger partial charge in [-0.3, -0.25) is 14.4 Å². The van der Waals surface area contributed by atoms with Crippen molar-refractivity contribution in [1.82, 2.24) is 10.6 Å². The summed E-state index contributed by atoms with van der Waals surface area (Å²) in [7, 11) is 1.51. The van der Waals surface area contributed by atoms with Crippen molar-refractivity contribution in [3.05, 3.63) is 76.8 Å². The molecule has 0 aliphatic carbocycles. The first kappa shape index (κ1) is 36.0. The van der Waals surface area contributed by atoms with Crippen LogP contribution in [0.1, 0.15) is 64.7 Å². The molecule has 2 amide bonds. The van der Waals surface area contributed by atoms with E-state index in [1.54, 1.807) is 38.1 Å². The SMILES string of the molecule is COc1ccc(C[C@H]2NC(=O)/C=C/CC(C(C)C3OC3c3ccccc3)OC(=O)[C@H](CC(C)C)OC(=O)C(C)(C)CNC2=O)cc1Cl. The summed E-state index contributed by atoms with van der Waals surface area (Å²) in [5.74, 6) is -2.06. The van der Waals surface area contributed by atoms with Crippen molar-refractivity contribution in [2.45, 2.75) is 84.3 Å². The third-order valence-corrected chi connectivity index (χ3v) is 8.70. The number of amides is 2. The summed E-state index contributed by atoms with van der Waals surface area (Å²) in [6.07, 6.45) is 1.34. The molecule has 0 saturated carbocycles. The van der Waals surface area contributed by atoms with Gasteiger partial charge in [-0.1, -0.05) is 74.8 Å². The highest BCUT2D eigenvalue weighted by Crippen LogP contribution is 2.45. The van der Waals surface area contributed by atoms with E-state index in [4.69, 9.17) is 30.5 Å². The Morgan fingerprint density at radius 3 is 2.40 bits per heavy atom. The topological polar surface area (TPSA) is 133 Å². The van der Waals surface area contributed by atoms with Crippen LogP contribution in [0.4, 0.5) is 0 Å². The average Bonchev–Trinajstić information content (AvgIpc) is 3.83. The van der Waals surface area contributed by atoms with Gasteiger partial charge in [0.05, 0.1) is 23.7 Å². The van der Waals surface area contributed by atoms with Gasteiger partial charge in [0.2, 0.25) is 11.8 Å². The molecule has 1 fully saturated rings. The van der Waals surface area contributed by atoms with E-state index >= 15 is 0 Å². The molecule has 47 heavy (non-hydrogen) atoms. The average molecular weight is 669 g/mol. The predicted molar refractivity (Wildman–Crippen MR) is 177 cm³/mol. The van der Waals surface area contributed by atoms with E-state index in [0.717, 1.165) is 5.56 Å². The maximum Gasteiger partial charge on any atom is 0.347 e. The normalized spacial score (nSPS) is 26.8. The molecule has 0 bridgehead atoms. The van der Waals surface area contributed by atoms with Crippen molar-refractivity contribution in [3.8, 4) is 5.75 Å². The summed E-state index contributed by atoms with van der Waals surface area (Å²) in [6.45, 7) is 8.92. The van der Waals surface area contributed by atoms with Crippen LogP contribution in [0.25, 0.3) is 0 Å². The van der Waals surface area contributed by atoms with Gasteiger partial charge in [0.1, 0.15) is 24.0 Å². The summed E-state index contributed by atoms with van der Waals surface area (Å²) in [5, 5.41) is 5.91. The van der Waals surface area contributed by atoms with Gasteiger partial charge in [0, 0.05) is 25.3 Å². The zero-order chi connectivity index (χ0) is 34.3. The number of benzene rings is 2. The smallest absolute Gasteiger partial charge is 0.347 e. The summed E-state index contributed by atoms with van der Waals surface area (Å²) < 4.78 is 23.1. The van der Waals surface area contributed by atoms with Gasteiger partial charge in [-0.2, -0.15) is 0 Å². The number of halogens is 1. The Hall–Kier alpha value is -3.89. The first-order chi connectivity index (χ1) is 22.3. The van der Waals surface area contributed by atoms with Gasteiger partial charge in [-0.15, -0.1) is 0 Å². The lowest BCUT2D eigenvalue weighted by molar-refractivity contribution is -0.179. The number of hydrogen-bond donors (Lipinski definition) is 2. The first-order valence-electron chi connectivity index (χ1n) is 16.0. The van der Waals surface area contributed by atoms with E-state index in [1.165, 1.54) is 13.2 Å². The Morgan fingerprint density at radius 2 is 1.74 bits per heavy atom. The highest BCUT2D eigenvalue weighted by atomic mass is 35.5. The molecule has 2 aliphatic rings. The first-order valence-corrected chi connectivity index (χ1v) is 16.4. The van der Waals surface area contributed by atoms with Crippen LogP contribution in [-0.4, -0.2) is 61.8 Å². The Kier molecular flexibility index (Phi) is 12.1. The predicted octanol–water partition coefficient (Wildman–Crippen LogP) is 5.12. The molecule has 2 heterocycles. The molecule has 11 heteroatoms. The largest absolute Gasteiger partial charge is 0.495 e. The molecular weight excluding hydrogens is 624 g/mol. The fourth-order valence-corrected chi connectivity index (χ4v) is 5.75. The summed E-state index contributed by atoms with van der Waals surface area (Å²) in [5.41, 5.74) is 0.524. The highest BCUT2D eigenvalue weighted by molar-refractivity contribution is 6.32. The molecule has 0 radical (unpaired) electrons. The van der Waals surface area contributed by atoms with E-state index in [2.05, 4.69) is 10.6 Å². The maximum atomic E-state index is 13.6. The molecule has 2 aromatic rings. The third-order valence-electron chi connectivity index (χ3n) is 8.41. The van der Waals surface area contributed by atoms with Crippen LogP contribution in [0, 0.1) is 17.3 Å². The van der Waals surface area contributed by atoms with Crippen molar-refractivity contribution in [3.63, 3.8) is 0 Å². The molecule has 0 spiro atoms. The molecule has 1 saturated heterocycles. The third kappa shape index (κ3) is 9.81.